The lowest BCUT2D eigenvalue weighted by atomic mass is 10.0. The first kappa shape index (κ1) is 19.6. The summed E-state index contributed by atoms with van der Waals surface area (Å²) >= 11 is 3.40. The standard InChI is InChI=1S/C17H25BrN2O3/c1-17(2,3)23-16(22)20-11-4-10-19-15(9-12-21)13-5-7-14(18)8-6-13/h5-8,12,15,19H,4,9-11H2,1-3H3,(H,20,22)/t15-/m0/s1. The Morgan fingerprint density at radius 1 is 1.26 bits per heavy atom. The number of carbonyl (C=O) groups is 2. The van der Waals surface area contributed by atoms with Crippen molar-refractivity contribution < 1.29 is 14.3 Å². The Hall–Kier alpha value is -1.40. The molecule has 0 heterocycles. The fourth-order valence-electron chi connectivity index (χ4n) is 2.00. The van der Waals surface area contributed by atoms with Gasteiger partial charge in [0.05, 0.1) is 0 Å². The fourth-order valence-corrected chi connectivity index (χ4v) is 2.26. The smallest absolute Gasteiger partial charge is 0.407 e. The molecule has 0 aromatic heterocycles. The van der Waals surface area contributed by atoms with E-state index < -0.39 is 11.7 Å². The summed E-state index contributed by atoms with van der Waals surface area (Å²) in [6.07, 6.45) is 1.68. The van der Waals surface area contributed by atoms with E-state index in [4.69, 9.17) is 4.74 Å². The Balaban J connectivity index is 2.32. The third-order valence-electron chi connectivity index (χ3n) is 3.02. The lowest BCUT2D eigenvalue weighted by molar-refractivity contribution is -0.108. The van der Waals surface area contributed by atoms with Crippen LogP contribution in [0.5, 0.6) is 0 Å². The normalized spacial score (nSPS) is 12.5. The first-order valence-corrected chi connectivity index (χ1v) is 8.50. The molecule has 0 unspecified atom stereocenters. The summed E-state index contributed by atoms with van der Waals surface area (Å²) in [5.41, 5.74) is 0.583. The predicted octanol–water partition coefficient (Wildman–Crippen LogP) is 3.58. The molecule has 1 aromatic rings. The minimum atomic E-state index is -0.487. The maximum atomic E-state index is 11.5. The number of aldehydes is 1. The Morgan fingerprint density at radius 3 is 2.48 bits per heavy atom. The zero-order valence-corrected chi connectivity index (χ0v) is 15.5. The highest BCUT2D eigenvalue weighted by atomic mass is 79.9. The topological polar surface area (TPSA) is 67.4 Å². The van der Waals surface area contributed by atoms with Gasteiger partial charge in [0, 0.05) is 23.5 Å². The van der Waals surface area contributed by atoms with E-state index in [0.29, 0.717) is 19.5 Å². The maximum absolute atomic E-state index is 11.5. The molecule has 1 rings (SSSR count). The van der Waals surface area contributed by atoms with Gasteiger partial charge >= 0.3 is 6.09 Å². The van der Waals surface area contributed by atoms with Crippen LogP contribution < -0.4 is 10.6 Å². The van der Waals surface area contributed by atoms with Crippen molar-refractivity contribution >= 4 is 28.3 Å². The van der Waals surface area contributed by atoms with Crippen LogP contribution in [-0.2, 0) is 9.53 Å². The SMILES string of the molecule is CC(C)(C)OC(=O)NCCCN[C@@H](CC=O)c1ccc(Br)cc1. The van der Waals surface area contributed by atoms with E-state index in [1.165, 1.54) is 0 Å². The lowest BCUT2D eigenvalue weighted by Gasteiger charge is -2.20. The number of halogens is 1. The van der Waals surface area contributed by atoms with E-state index in [1.54, 1.807) is 0 Å². The van der Waals surface area contributed by atoms with E-state index in [-0.39, 0.29) is 6.04 Å². The number of ether oxygens (including phenoxy) is 1. The van der Waals surface area contributed by atoms with Gasteiger partial charge < -0.3 is 20.2 Å². The van der Waals surface area contributed by atoms with Crippen LogP contribution in [0.2, 0.25) is 0 Å². The van der Waals surface area contributed by atoms with E-state index in [1.807, 2.05) is 45.0 Å². The predicted molar refractivity (Wildman–Crippen MR) is 94.4 cm³/mol. The molecule has 5 nitrogen and oxygen atoms in total. The Morgan fingerprint density at radius 2 is 1.91 bits per heavy atom. The van der Waals surface area contributed by atoms with Crippen LogP contribution in [0.4, 0.5) is 4.79 Å². The monoisotopic (exact) mass is 384 g/mol. The van der Waals surface area contributed by atoms with Crippen molar-refractivity contribution in [1.29, 1.82) is 0 Å². The summed E-state index contributed by atoms with van der Waals surface area (Å²) in [6, 6.07) is 7.88. The molecule has 2 N–H and O–H groups in total. The molecule has 0 saturated carbocycles. The zero-order valence-electron chi connectivity index (χ0n) is 13.9. The van der Waals surface area contributed by atoms with Gasteiger partial charge in [-0.05, 0) is 51.4 Å². The summed E-state index contributed by atoms with van der Waals surface area (Å²) in [7, 11) is 0. The zero-order chi connectivity index (χ0) is 17.3. The second kappa shape index (κ2) is 9.67. The molecule has 128 valence electrons. The van der Waals surface area contributed by atoms with Gasteiger partial charge in [0.25, 0.3) is 0 Å². The number of rotatable bonds is 8. The van der Waals surface area contributed by atoms with Gasteiger partial charge in [-0.25, -0.2) is 4.79 Å². The third kappa shape index (κ3) is 8.71. The van der Waals surface area contributed by atoms with Crippen LogP contribution in [0.1, 0.15) is 45.2 Å². The number of benzene rings is 1. The molecule has 0 aliphatic carbocycles. The third-order valence-corrected chi connectivity index (χ3v) is 3.55. The van der Waals surface area contributed by atoms with E-state index >= 15 is 0 Å². The Kier molecular flexibility index (Phi) is 8.26. The van der Waals surface area contributed by atoms with Gasteiger partial charge in [-0.1, -0.05) is 28.1 Å². The van der Waals surface area contributed by atoms with Crippen molar-refractivity contribution in [3.8, 4) is 0 Å². The minimum absolute atomic E-state index is 0.0119. The van der Waals surface area contributed by atoms with Crippen LogP contribution in [0.3, 0.4) is 0 Å². The molecule has 0 fully saturated rings. The van der Waals surface area contributed by atoms with Crippen LogP contribution in [0.15, 0.2) is 28.7 Å². The second-order valence-electron chi connectivity index (χ2n) is 6.24. The number of alkyl carbamates (subject to hydrolysis) is 1. The molecule has 0 saturated heterocycles. The molecule has 6 heteroatoms. The first-order valence-electron chi connectivity index (χ1n) is 7.71. The molecule has 0 aliphatic heterocycles. The second-order valence-corrected chi connectivity index (χ2v) is 7.16. The highest BCUT2D eigenvalue weighted by molar-refractivity contribution is 9.10. The van der Waals surface area contributed by atoms with Gasteiger partial charge in [0.15, 0.2) is 0 Å². The molecule has 23 heavy (non-hydrogen) atoms. The van der Waals surface area contributed by atoms with Crippen molar-refractivity contribution in [2.45, 2.75) is 45.3 Å². The molecule has 1 aromatic carbocycles. The quantitative estimate of drug-likeness (QED) is 0.530. The van der Waals surface area contributed by atoms with Gasteiger partial charge in [0.1, 0.15) is 11.9 Å². The van der Waals surface area contributed by atoms with E-state index in [2.05, 4.69) is 26.6 Å². The molecule has 0 radical (unpaired) electrons. The summed E-state index contributed by atoms with van der Waals surface area (Å²) in [6.45, 7) is 6.71. The maximum Gasteiger partial charge on any atom is 0.407 e. The van der Waals surface area contributed by atoms with Crippen LogP contribution >= 0.6 is 15.9 Å². The van der Waals surface area contributed by atoms with Gasteiger partial charge in [0.2, 0.25) is 0 Å². The summed E-state index contributed by atoms with van der Waals surface area (Å²) in [5.74, 6) is 0. The largest absolute Gasteiger partial charge is 0.444 e. The molecule has 1 amide bonds. The number of hydrogen-bond acceptors (Lipinski definition) is 4. The number of hydrogen-bond donors (Lipinski definition) is 2. The highest BCUT2D eigenvalue weighted by Gasteiger charge is 2.15. The molecule has 0 aliphatic rings. The number of nitrogens with one attached hydrogen (secondary N) is 2. The first-order chi connectivity index (χ1) is 10.8. The molecule has 0 spiro atoms. The lowest BCUT2D eigenvalue weighted by Crippen LogP contribution is -2.34. The Labute approximate surface area is 146 Å². The minimum Gasteiger partial charge on any atom is -0.444 e. The molecule has 0 bridgehead atoms. The van der Waals surface area contributed by atoms with Crippen molar-refractivity contribution in [3.05, 3.63) is 34.3 Å². The molecule has 1 atom stereocenters. The summed E-state index contributed by atoms with van der Waals surface area (Å²) in [4.78, 5) is 22.4. The van der Waals surface area contributed by atoms with E-state index in [0.717, 1.165) is 22.7 Å². The van der Waals surface area contributed by atoms with Crippen LogP contribution in [0, 0.1) is 0 Å². The highest BCUT2D eigenvalue weighted by Crippen LogP contribution is 2.18. The molecular weight excluding hydrogens is 360 g/mol. The average Bonchev–Trinajstić information content (AvgIpc) is 2.45. The van der Waals surface area contributed by atoms with Gasteiger partial charge in [-0.3, -0.25) is 0 Å². The van der Waals surface area contributed by atoms with Gasteiger partial charge in [-0.15, -0.1) is 0 Å². The van der Waals surface area contributed by atoms with Crippen molar-refractivity contribution in [1.82, 2.24) is 10.6 Å². The Bertz CT molecular complexity index is 498. The molecular formula is C17H25BrN2O3. The van der Waals surface area contributed by atoms with E-state index in [9.17, 15) is 9.59 Å². The van der Waals surface area contributed by atoms with Crippen molar-refractivity contribution in [3.63, 3.8) is 0 Å². The van der Waals surface area contributed by atoms with Crippen LogP contribution in [0.25, 0.3) is 0 Å². The fraction of sp³-hybridized carbons (Fsp3) is 0.529. The van der Waals surface area contributed by atoms with Crippen molar-refractivity contribution in [2.75, 3.05) is 13.1 Å². The summed E-state index contributed by atoms with van der Waals surface area (Å²) < 4.78 is 6.17. The summed E-state index contributed by atoms with van der Waals surface area (Å²) in [5, 5.41) is 6.06. The number of carbonyl (C=O) groups excluding carboxylic acids is 2. The van der Waals surface area contributed by atoms with Gasteiger partial charge in [-0.2, -0.15) is 0 Å². The number of amides is 1. The van der Waals surface area contributed by atoms with Crippen molar-refractivity contribution in [2.24, 2.45) is 0 Å². The van der Waals surface area contributed by atoms with Crippen LogP contribution in [-0.4, -0.2) is 31.1 Å². The average molecular weight is 385 g/mol.